The Hall–Kier alpha value is -4.50. The van der Waals surface area contributed by atoms with Crippen LogP contribution in [0.5, 0.6) is 11.5 Å². The Balaban J connectivity index is 0.00000497. The van der Waals surface area contributed by atoms with Crippen molar-refractivity contribution in [3.8, 4) is 34.1 Å². The van der Waals surface area contributed by atoms with Gasteiger partial charge in [-0.2, -0.15) is 11.2 Å². The van der Waals surface area contributed by atoms with Gasteiger partial charge < -0.3 is 9.30 Å². The SMILES string of the molecule is CCCCc1ccnc(-n2c3[c-]c(Oc4[c-]c(-n5nc(C)c(-c6c(C)cc(C)cc6C)c5CCC(C)C)cc(C(C)C)c4)ccc3c3ccccc32)c1.[Pd+2]. The Labute approximate surface area is 335 Å². The van der Waals surface area contributed by atoms with E-state index in [-0.39, 0.29) is 26.3 Å². The Morgan fingerprint density at radius 2 is 1.54 bits per heavy atom. The summed E-state index contributed by atoms with van der Waals surface area (Å²) in [5.74, 6) is 3.02. The van der Waals surface area contributed by atoms with Gasteiger partial charge in [0.05, 0.1) is 5.69 Å². The van der Waals surface area contributed by atoms with E-state index in [9.17, 15) is 0 Å². The van der Waals surface area contributed by atoms with Crippen LogP contribution in [0, 0.1) is 45.7 Å². The zero-order chi connectivity index (χ0) is 37.4. The van der Waals surface area contributed by atoms with Crippen LogP contribution < -0.4 is 4.74 Å². The summed E-state index contributed by atoms with van der Waals surface area (Å²) in [5.41, 5.74) is 14.0. The summed E-state index contributed by atoms with van der Waals surface area (Å²) in [6, 6.07) is 33.2. The second kappa shape index (κ2) is 16.5. The second-order valence-electron chi connectivity index (χ2n) is 15.5. The summed E-state index contributed by atoms with van der Waals surface area (Å²) in [7, 11) is 0. The van der Waals surface area contributed by atoms with Crippen molar-refractivity contribution in [2.75, 3.05) is 0 Å². The zero-order valence-corrected chi connectivity index (χ0v) is 34.8. The average molecular weight is 807 g/mol. The van der Waals surface area contributed by atoms with Crippen molar-refractivity contribution in [3.63, 3.8) is 0 Å². The average Bonchev–Trinajstić information content (AvgIpc) is 3.63. The van der Waals surface area contributed by atoms with Crippen molar-refractivity contribution in [1.82, 2.24) is 19.3 Å². The maximum atomic E-state index is 6.73. The standard InChI is InChI=1S/C48H52N4O.Pd/c1-10-11-14-36-21-22-49-46(25-36)51-43-16-13-12-15-41(43)42-19-18-39(29-45(42)51)53-40-27-37(31(4)5)26-38(28-40)52-44(20-17-30(2)3)48(35(9)50-52)47-33(7)23-32(6)24-34(47)8;/h12-13,15-16,18-19,21-27,30-31H,10-11,14,17,20H2,1-9H3;/q-2;+2. The first-order chi connectivity index (χ1) is 25.5. The Morgan fingerprint density at radius 1 is 0.778 bits per heavy atom. The fraction of sp³-hybridized carbons (Fsp3) is 0.333. The molecule has 0 aliphatic carbocycles. The molecule has 0 aliphatic rings. The maximum Gasteiger partial charge on any atom is 2.00 e. The van der Waals surface area contributed by atoms with Gasteiger partial charge in [0.1, 0.15) is 5.82 Å². The normalized spacial score (nSPS) is 11.6. The second-order valence-corrected chi connectivity index (χ2v) is 15.5. The topological polar surface area (TPSA) is 44.9 Å². The van der Waals surface area contributed by atoms with Crippen LogP contribution in [-0.2, 0) is 33.3 Å². The number of aryl methyl sites for hydroxylation is 5. The van der Waals surface area contributed by atoms with Crippen LogP contribution in [0.1, 0.15) is 99.0 Å². The molecule has 0 unspecified atom stereocenters. The Morgan fingerprint density at radius 3 is 2.26 bits per heavy atom. The van der Waals surface area contributed by atoms with Crippen LogP contribution >= 0.6 is 0 Å². The van der Waals surface area contributed by atoms with E-state index in [1.54, 1.807) is 0 Å². The molecule has 0 fully saturated rings. The van der Waals surface area contributed by atoms with Crippen molar-refractivity contribution in [1.29, 1.82) is 0 Å². The number of nitrogens with zero attached hydrogens (tertiary/aromatic N) is 4. The van der Waals surface area contributed by atoms with E-state index in [1.807, 2.05) is 12.3 Å². The molecule has 0 bridgehead atoms. The van der Waals surface area contributed by atoms with E-state index in [4.69, 9.17) is 14.8 Å². The molecule has 0 radical (unpaired) electrons. The van der Waals surface area contributed by atoms with E-state index in [2.05, 4.69) is 150 Å². The van der Waals surface area contributed by atoms with Crippen LogP contribution in [0.2, 0.25) is 0 Å². The molecule has 0 saturated carbocycles. The number of rotatable bonds is 12. The molecule has 54 heavy (non-hydrogen) atoms. The van der Waals surface area contributed by atoms with Gasteiger partial charge in [-0.25, -0.2) is 4.98 Å². The maximum absolute atomic E-state index is 6.73. The quantitative estimate of drug-likeness (QED) is 0.0912. The smallest absolute Gasteiger partial charge is 0.509 e. The van der Waals surface area contributed by atoms with Gasteiger partial charge in [-0.3, -0.25) is 4.68 Å². The van der Waals surface area contributed by atoms with Gasteiger partial charge in [0.15, 0.2) is 0 Å². The minimum absolute atomic E-state index is 0. The minimum Gasteiger partial charge on any atom is -0.509 e. The van der Waals surface area contributed by atoms with E-state index in [0.29, 0.717) is 17.4 Å². The van der Waals surface area contributed by atoms with Crippen LogP contribution in [-0.4, -0.2) is 19.3 Å². The summed E-state index contributed by atoms with van der Waals surface area (Å²) in [6.07, 6.45) is 7.25. The van der Waals surface area contributed by atoms with Crippen LogP contribution in [0.15, 0.2) is 79.0 Å². The molecule has 0 atom stereocenters. The number of ether oxygens (including phenoxy) is 1. The van der Waals surface area contributed by atoms with Gasteiger partial charge >= 0.3 is 20.4 Å². The molecule has 0 spiro atoms. The first-order valence-corrected chi connectivity index (χ1v) is 19.3. The Kier molecular flexibility index (Phi) is 12.0. The summed E-state index contributed by atoms with van der Waals surface area (Å²) in [6.45, 7) is 20.0. The first-order valence-electron chi connectivity index (χ1n) is 19.3. The molecule has 280 valence electrons. The van der Waals surface area contributed by atoms with Gasteiger partial charge in [-0.1, -0.05) is 82.5 Å². The van der Waals surface area contributed by atoms with Gasteiger partial charge in [0.2, 0.25) is 0 Å². The summed E-state index contributed by atoms with van der Waals surface area (Å²) >= 11 is 0. The van der Waals surface area contributed by atoms with Crippen molar-refractivity contribution >= 4 is 21.8 Å². The third kappa shape index (κ3) is 7.83. The van der Waals surface area contributed by atoms with Crippen LogP contribution in [0.4, 0.5) is 0 Å². The Bertz CT molecular complexity index is 2410. The number of para-hydroxylation sites is 1. The van der Waals surface area contributed by atoms with Gasteiger partial charge in [-0.15, -0.1) is 41.3 Å². The summed E-state index contributed by atoms with van der Waals surface area (Å²) < 4.78 is 11.1. The van der Waals surface area contributed by atoms with E-state index in [1.165, 1.54) is 50.0 Å². The molecule has 0 N–H and O–H groups in total. The fourth-order valence-corrected chi connectivity index (χ4v) is 7.79. The molecular formula is C48H52N4OPd. The third-order valence-electron chi connectivity index (χ3n) is 10.4. The molecule has 3 heterocycles. The summed E-state index contributed by atoms with van der Waals surface area (Å²) in [4.78, 5) is 4.85. The zero-order valence-electron chi connectivity index (χ0n) is 33.2. The first kappa shape index (κ1) is 39.2. The van der Waals surface area contributed by atoms with E-state index in [0.717, 1.165) is 65.7 Å². The van der Waals surface area contributed by atoms with E-state index < -0.39 is 0 Å². The molecule has 0 amide bonds. The molecule has 4 aromatic carbocycles. The van der Waals surface area contributed by atoms with Crippen molar-refractivity contribution in [2.24, 2.45) is 5.92 Å². The predicted octanol–water partition coefficient (Wildman–Crippen LogP) is 12.7. The molecule has 7 rings (SSSR count). The molecule has 0 aliphatic heterocycles. The number of pyridine rings is 1. The number of unbranched alkanes of at least 4 members (excludes halogenated alkanes) is 1. The molecule has 7 aromatic rings. The number of fused-ring (bicyclic) bond motifs is 3. The largest absolute Gasteiger partial charge is 2.00 e. The predicted molar refractivity (Wildman–Crippen MR) is 220 cm³/mol. The van der Waals surface area contributed by atoms with Crippen molar-refractivity contribution in [3.05, 3.63) is 130 Å². The van der Waals surface area contributed by atoms with Gasteiger partial charge in [0.25, 0.3) is 0 Å². The summed E-state index contributed by atoms with van der Waals surface area (Å²) in [5, 5.41) is 7.52. The van der Waals surface area contributed by atoms with E-state index >= 15 is 0 Å². The fourth-order valence-electron chi connectivity index (χ4n) is 7.79. The number of aromatic nitrogens is 4. The number of benzene rings is 4. The minimum atomic E-state index is 0. The molecule has 0 saturated heterocycles. The monoisotopic (exact) mass is 806 g/mol. The molecule has 5 nitrogen and oxygen atoms in total. The molecule has 3 aromatic heterocycles. The van der Waals surface area contributed by atoms with Crippen molar-refractivity contribution < 1.29 is 25.2 Å². The van der Waals surface area contributed by atoms with Crippen LogP contribution in [0.25, 0.3) is 44.4 Å². The van der Waals surface area contributed by atoms with Crippen LogP contribution in [0.3, 0.4) is 0 Å². The van der Waals surface area contributed by atoms with Gasteiger partial charge in [-0.05, 0) is 117 Å². The molecule has 6 heteroatoms. The number of hydrogen-bond acceptors (Lipinski definition) is 3. The third-order valence-corrected chi connectivity index (χ3v) is 10.4. The van der Waals surface area contributed by atoms with Crippen molar-refractivity contribution in [2.45, 2.75) is 100 Å². The number of hydrogen-bond donors (Lipinski definition) is 0. The van der Waals surface area contributed by atoms with Gasteiger partial charge in [0, 0.05) is 34.5 Å². The molecular weight excluding hydrogens is 755 g/mol.